The van der Waals surface area contributed by atoms with E-state index in [0.717, 1.165) is 16.7 Å². The summed E-state index contributed by atoms with van der Waals surface area (Å²) in [4.78, 5) is 27.3. The summed E-state index contributed by atoms with van der Waals surface area (Å²) in [6.07, 6.45) is 0.876. The Labute approximate surface area is 156 Å². The van der Waals surface area contributed by atoms with Crippen molar-refractivity contribution in [1.29, 1.82) is 0 Å². The molecule has 0 aliphatic carbocycles. The molecule has 0 bridgehead atoms. The number of rotatable bonds is 8. The predicted molar refractivity (Wildman–Crippen MR) is 105 cm³/mol. The Morgan fingerprint density at radius 1 is 1.00 bits per heavy atom. The zero-order chi connectivity index (χ0) is 18.9. The highest BCUT2D eigenvalue weighted by Gasteiger charge is 2.28. The summed E-state index contributed by atoms with van der Waals surface area (Å²) in [5, 5.41) is 2.86. The molecule has 0 aliphatic rings. The van der Waals surface area contributed by atoms with E-state index in [2.05, 4.69) is 11.4 Å². The molecule has 0 spiro atoms. The van der Waals surface area contributed by atoms with Crippen LogP contribution in [0.5, 0.6) is 0 Å². The molecule has 0 heterocycles. The van der Waals surface area contributed by atoms with Crippen molar-refractivity contribution in [3.05, 3.63) is 71.3 Å². The number of nitrogens with one attached hydrogen (secondary N) is 1. The molecule has 26 heavy (non-hydrogen) atoms. The molecule has 2 aromatic rings. The fraction of sp³-hybridized carbons (Fsp3) is 0.364. The van der Waals surface area contributed by atoms with Crippen molar-refractivity contribution in [3.63, 3.8) is 0 Å². The Hall–Kier alpha value is -2.62. The first-order valence-electron chi connectivity index (χ1n) is 9.21. The number of nitrogens with zero attached hydrogens (tertiary/aromatic N) is 1. The molecule has 4 heteroatoms. The third-order valence-electron chi connectivity index (χ3n) is 4.37. The largest absolute Gasteiger partial charge is 0.355 e. The summed E-state index contributed by atoms with van der Waals surface area (Å²) in [7, 11) is 0. The zero-order valence-corrected chi connectivity index (χ0v) is 15.9. The molecule has 4 nitrogen and oxygen atoms in total. The Kier molecular flexibility index (Phi) is 7.39. The van der Waals surface area contributed by atoms with E-state index in [1.54, 1.807) is 4.90 Å². The van der Waals surface area contributed by atoms with Gasteiger partial charge in [-0.2, -0.15) is 0 Å². The zero-order valence-electron chi connectivity index (χ0n) is 15.9. The molecule has 1 N–H and O–H groups in total. The van der Waals surface area contributed by atoms with Crippen LogP contribution in [-0.2, 0) is 22.6 Å². The molecular formula is C22H28N2O2. The summed E-state index contributed by atoms with van der Waals surface area (Å²) in [5.41, 5.74) is 3.13. The van der Waals surface area contributed by atoms with Crippen molar-refractivity contribution < 1.29 is 9.59 Å². The molecule has 2 aromatic carbocycles. The first-order valence-corrected chi connectivity index (χ1v) is 9.21. The van der Waals surface area contributed by atoms with Gasteiger partial charge in [-0.05, 0) is 31.4 Å². The Bertz CT molecular complexity index is 728. The highest BCUT2D eigenvalue weighted by atomic mass is 16.2. The summed E-state index contributed by atoms with van der Waals surface area (Å²) in [6, 6.07) is 17.3. The van der Waals surface area contributed by atoms with E-state index in [0.29, 0.717) is 25.9 Å². The molecule has 0 unspecified atom stereocenters. The minimum atomic E-state index is -0.466. The van der Waals surface area contributed by atoms with E-state index in [-0.39, 0.29) is 11.8 Å². The minimum absolute atomic E-state index is 0.0317. The van der Waals surface area contributed by atoms with Crippen molar-refractivity contribution in [3.8, 4) is 0 Å². The number of benzene rings is 2. The van der Waals surface area contributed by atoms with Crippen molar-refractivity contribution in [2.24, 2.45) is 0 Å². The molecule has 2 rings (SSSR count). The molecule has 1 atom stereocenters. The molecule has 2 amide bonds. The van der Waals surface area contributed by atoms with Gasteiger partial charge in [0.15, 0.2) is 0 Å². The van der Waals surface area contributed by atoms with Gasteiger partial charge in [-0.15, -0.1) is 0 Å². The lowest BCUT2D eigenvalue weighted by atomic mass is 10.1. The minimum Gasteiger partial charge on any atom is -0.355 e. The maximum Gasteiger partial charge on any atom is 0.242 e. The summed E-state index contributed by atoms with van der Waals surface area (Å²) in [5.74, 6) is -0.125. The number of hydrogen-bond donors (Lipinski definition) is 1. The second-order valence-electron chi connectivity index (χ2n) is 6.49. The van der Waals surface area contributed by atoms with E-state index in [1.807, 2.05) is 69.3 Å². The Morgan fingerprint density at radius 2 is 1.69 bits per heavy atom. The quantitative estimate of drug-likeness (QED) is 0.791. The van der Waals surface area contributed by atoms with Crippen LogP contribution in [0, 0.1) is 6.92 Å². The van der Waals surface area contributed by atoms with E-state index in [1.165, 1.54) is 0 Å². The molecule has 0 radical (unpaired) electrons. The second-order valence-corrected chi connectivity index (χ2v) is 6.49. The molecule has 0 aliphatic heterocycles. The van der Waals surface area contributed by atoms with Gasteiger partial charge in [0.05, 0.1) is 6.42 Å². The molecule has 0 saturated carbocycles. The van der Waals surface area contributed by atoms with Crippen molar-refractivity contribution in [1.82, 2.24) is 10.2 Å². The van der Waals surface area contributed by atoms with Crippen LogP contribution >= 0.6 is 0 Å². The lowest BCUT2D eigenvalue weighted by Gasteiger charge is -2.30. The number of amides is 2. The molecule has 0 aromatic heterocycles. The maximum absolute atomic E-state index is 13.1. The fourth-order valence-corrected chi connectivity index (χ4v) is 3.09. The van der Waals surface area contributed by atoms with Gasteiger partial charge in [0.25, 0.3) is 0 Å². The standard InChI is InChI=1S/C22H28N2O2/c1-4-20(22(26)23-5-2)24(16-19-13-9-10-17(3)14-19)21(25)15-18-11-7-6-8-12-18/h6-14,20H,4-5,15-16H2,1-3H3,(H,23,26)/t20-/m1/s1. The van der Waals surface area contributed by atoms with Crippen molar-refractivity contribution >= 4 is 11.8 Å². The predicted octanol–water partition coefficient (Wildman–Crippen LogP) is 3.48. The van der Waals surface area contributed by atoms with E-state index in [4.69, 9.17) is 0 Å². The smallest absolute Gasteiger partial charge is 0.242 e. The molecule has 0 saturated heterocycles. The van der Waals surface area contributed by atoms with Crippen LogP contribution in [0.25, 0.3) is 0 Å². The third-order valence-corrected chi connectivity index (χ3v) is 4.37. The van der Waals surface area contributed by atoms with Crippen LogP contribution in [-0.4, -0.2) is 29.3 Å². The summed E-state index contributed by atoms with van der Waals surface area (Å²) < 4.78 is 0. The summed E-state index contributed by atoms with van der Waals surface area (Å²) >= 11 is 0. The first kappa shape index (κ1) is 19.7. The lowest BCUT2D eigenvalue weighted by molar-refractivity contribution is -0.140. The highest BCUT2D eigenvalue weighted by molar-refractivity contribution is 5.88. The van der Waals surface area contributed by atoms with Crippen LogP contribution < -0.4 is 5.32 Å². The van der Waals surface area contributed by atoms with Gasteiger partial charge in [-0.1, -0.05) is 67.1 Å². The number of carbonyl (C=O) groups is 2. The van der Waals surface area contributed by atoms with Crippen molar-refractivity contribution in [2.75, 3.05) is 6.54 Å². The van der Waals surface area contributed by atoms with Gasteiger partial charge in [0.1, 0.15) is 6.04 Å². The van der Waals surface area contributed by atoms with Gasteiger partial charge in [0, 0.05) is 13.1 Å². The van der Waals surface area contributed by atoms with Crippen molar-refractivity contribution in [2.45, 2.75) is 46.2 Å². The van der Waals surface area contributed by atoms with Crippen LogP contribution in [0.15, 0.2) is 54.6 Å². The lowest BCUT2D eigenvalue weighted by Crippen LogP contribution is -2.49. The topological polar surface area (TPSA) is 49.4 Å². The number of aryl methyl sites for hydroxylation is 1. The average molecular weight is 352 g/mol. The summed E-state index contributed by atoms with van der Waals surface area (Å²) in [6.45, 7) is 6.85. The Balaban J connectivity index is 2.27. The van der Waals surface area contributed by atoms with Gasteiger partial charge in [-0.3, -0.25) is 9.59 Å². The average Bonchev–Trinajstić information content (AvgIpc) is 2.62. The molecule has 138 valence electrons. The van der Waals surface area contributed by atoms with Gasteiger partial charge >= 0.3 is 0 Å². The first-order chi connectivity index (χ1) is 12.5. The molecular weight excluding hydrogens is 324 g/mol. The van der Waals surface area contributed by atoms with E-state index in [9.17, 15) is 9.59 Å². The van der Waals surface area contributed by atoms with Crippen LogP contribution in [0.2, 0.25) is 0 Å². The third kappa shape index (κ3) is 5.45. The maximum atomic E-state index is 13.1. The Morgan fingerprint density at radius 3 is 2.31 bits per heavy atom. The van der Waals surface area contributed by atoms with Gasteiger partial charge in [0.2, 0.25) is 11.8 Å². The SMILES string of the molecule is CCNC(=O)[C@@H](CC)N(Cc1cccc(C)c1)C(=O)Cc1ccccc1. The van der Waals surface area contributed by atoms with Gasteiger partial charge in [-0.25, -0.2) is 0 Å². The van der Waals surface area contributed by atoms with E-state index >= 15 is 0 Å². The number of likely N-dealkylation sites (N-methyl/N-ethyl adjacent to an activating group) is 1. The van der Waals surface area contributed by atoms with Gasteiger partial charge < -0.3 is 10.2 Å². The fourth-order valence-electron chi connectivity index (χ4n) is 3.09. The normalized spacial score (nSPS) is 11.7. The number of carbonyl (C=O) groups excluding carboxylic acids is 2. The highest BCUT2D eigenvalue weighted by Crippen LogP contribution is 2.15. The van der Waals surface area contributed by atoms with E-state index < -0.39 is 6.04 Å². The van der Waals surface area contributed by atoms with Crippen LogP contribution in [0.4, 0.5) is 0 Å². The van der Waals surface area contributed by atoms with Crippen LogP contribution in [0.3, 0.4) is 0 Å². The monoisotopic (exact) mass is 352 g/mol. The van der Waals surface area contributed by atoms with Crippen LogP contribution in [0.1, 0.15) is 37.0 Å². The second kappa shape index (κ2) is 9.76. The molecule has 0 fully saturated rings. The number of hydrogen-bond acceptors (Lipinski definition) is 2.